The molecule has 6 nitrogen and oxygen atoms in total. The topological polar surface area (TPSA) is 65.1 Å². The lowest BCUT2D eigenvalue weighted by atomic mass is 9.65. The zero-order chi connectivity index (χ0) is 22.6. The summed E-state index contributed by atoms with van der Waals surface area (Å²) < 4.78 is 17.3. The summed E-state index contributed by atoms with van der Waals surface area (Å²) in [5, 5.41) is 0.238. The number of carbonyl (C=O) groups is 2. The number of ether oxygens (including phenoxy) is 3. The van der Waals surface area contributed by atoms with E-state index in [1.54, 1.807) is 6.07 Å². The van der Waals surface area contributed by atoms with Crippen molar-refractivity contribution in [2.75, 3.05) is 20.8 Å². The normalized spacial score (nSPS) is 26.0. The van der Waals surface area contributed by atoms with Crippen LogP contribution in [0.4, 0.5) is 0 Å². The van der Waals surface area contributed by atoms with Crippen molar-refractivity contribution in [2.45, 2.75) is 25.5 Å². The molecule has 1 saturated carbocycles. The van der Waals surface area contributed by atoms with Gasteiger partial charge in [0.1, 0.15) is 22.1 Å². The Morgan fingerprint density at radius 2 is 1.88 bits per heavy atom. The molecule has 3 unspecified atom stereocenters. The van der Waals surface area contributed by atoms with Gasteiger partial charge in [-0.15, -0.1) is 0 Å². The predicted molar refractivity (Wildman–Crippen MR) is 119 cm³/mol. The summed E-state index contributed by atoms with van der Waals surface area (Å²) in [6.45, 7) is 3.06. The smallest absolute Gasteiger partial charge is 0.214 e. The number of methoxy groups -OCH3 is 2. The summed E-state index contributed by atoms with van der Waals surface area (Å²) in [6, 6.07) is 11.6. The van der Waals surface area contributed by atoms with Crippen molar-refractivity contribution in [3.05, 3.63) is 64.3 Å². The highest BCUT2D eigenvalue weighted by Crippen LogP contribution is 2.57. The third-order valence-electron chi connectivity index (χ3n) is 6.85. The van der Waals surface area contributed by atoms with E-state index < -0.39 is 11.5 Å². The first-order valence-corrected chi connectivity index (χ1v) is 11.0. The standard InChI is InChI=1S/C25H24ClNO5/c1-14-9-18(28)16-12-27(11-15-7-5-4-6-8-15)13-17(16)25(14)24(29)21-19(30-2)10-20(31-3)22(26)23(21)32-25/h4-8,10,12,14,17H,9,11,13H2,1-3H3. The van der Waals surface area contributed by atoms with E-state index in [2.05, 4.69) is 4.90 Å². The lowest BCUT2D eigenvalue weighted by Gasteiger charge is -2.42. The quantitative estimate of drug-likeness (QED) is 0.687. The third kappa shape index (κ3) is 2.85. The third-order valence-corrected chi connectivity index (χ3v) is 7.21. The maximum absolute atomic E-state index is 14.0. The van der Waals surface area contributed by atoms with Gasteiger partial charge < -0.3 is 19.1 Å². The van der Waals surface area contributed by atoms with Crippen LogP contribution in [-0.2, 0) is 11.3 Å². The Kier molecular flexibility index (Phi) is 4.93. The number of rotatable bonds is 4. The van der Waals surface area contributed by atoms with E-state index in [1.807, 2.05) is 43.5 Å². The number of hydrogen-bond acceptors (Lipinski definition) is 6. The minimum Gasteiger partial charge on any atom is -0.496 e. The molecule has 2 aromatic rings. The monoisotopic (exact) mass is 453 g/mol. The Hall–Kier alpha value is -2.99. The van der Waals surface area contributed by atoms with Crippen LogP contribution in [0.15, 0.2) is 48.2 Å². The molecule has 1 aliphatic carbocycles. The summed E-state index contributed by atoms with van der Waals surface area (Å²) in [5.74, 6) is 0.166. The van der Waals surface area contributed by atoms with Gasteiger partial charge >= 0.3 is 0 Å². The molecule has 32 heavy (non-hydrogen) atoms. The predicted octanol–water partition coefficient (Wildman–Crippen LogP) is 4.30. The van der Waals surface area contributed by atoms with Crippen molar-refractivity contribution in [3.63, 3.8) is 0 Å². The number of ketones is 2. The highest BCUT2D eigenvalue weighted by molar-refractivity contribution is 6.35. The molecule has 0 aromatic heterocycles. The summed E-state index contributed by atoms with van der Waals surface area (Å²) >= 11 is 6.56. The van der Waals surface area contributed by atoms with Gasteiger partial charge in [0.05, 0.1) is 20.1 Å². The van der Waals surface area contributed by atoms with Gasteiger partial charge in [-0.1, -0.05) is 48.9 Å². The summed E-state index contributed by atoms with van der Waals surface area (Å²) in [7, 11) is 3.00. The molecule has 0 amide bonds. The van der Waals surface area contributed by atoms with Gasteiger partial charge in [-0.3, -0.25) is 9.59 Å². The van der Waals surface area contributed by atoms with Crippen LogP contribution < -0.4 is 14.2 Å². The molecular weight excluding hydrogens is 430 g/mol. The first-order chi connectivity index (χ1) is 15.4. The van der Waals surface area contributed by atoms with E-state index in [0.29, 0.717) is 35.7 Å². The minimum atomic E-state index is -1.21. The van der Waals surface area contributed by atoms with Crippen LogP contribution in [0.3, 0.4) is 0 Å². The SMILES string of the molecule is COc1cc(OC)c2c(c1Cl)OC1(C2=O)C(C)CC(=O)C2=CN(Cc3ccccc3)CC21. The summed E-state index contributed by atoms with van der Waals surface area (Å²) in [4.78, 5) is 29.0. The molecule has 1 fully saturated rings. The highest BCUT2D eigenvalue weighted by Gasteiger charge is 2.64. The van der Waals surface area contributed by atoms with Crippen molar-refractivity contribution in [1.82, 2.24) is 4.90 Å². The van der Waals surface area contributed by atoms with Crippen molar-refractivity contribution >= 4 is 23.2 Å². The lowest BCUT2D eigenvalue weighted by Crippen LogP contribution is -2.58. The molecule has 0 radical (unpaired) electrons. The van der Waals surface area contributed by atoms with Crippen molar-refractivity contribution < 1.29 is 23.8 Å². The first-order valence-electron chi connectivity index (χ1n) is 10.6. The maximum Gasteiger partial charge on any atom is 0.214 e. The molecule has 0 bridgehead atoms. The van der Waals surface area contributed by atoms with Gasteiger partial charge in [0.25, 0.3) is 0 Å². The molecule has 0 saturated heterocycles. The summed E-state index contributed by atoms with van der Waals surface area (Å²) in [5.41, 5.74) is 0.883. The van der Waals surface area contributed by atoms with E-state index in [-0.39, 0.29) is 34.7 Å². The van der Waals surface area contributed by atoms with E-state index >= 15 is 0 Å². The number of carbonyl (C=O) groups excluding carboxylic acids is 2. The Morgan fingerprint density at radius 1 is 1.16 bits per heavy atom. The van der Waals surface area contributed by atoms with Crippen LogP contribution in [0.2, 0.25) is 5.02 Å². The van der Waals surface area contributed by atoms with Crippen LogP contribution >= 0.6 is 11.6 Å². The fourth-order valence-electron chi connectivity index (χ4n) is 5.30. The molecule has 3 atom stereocenters. The number of Topliss-reactive ketones (excluding diaryl/α,β-unsaturated/α-hetero) is 2. The van der Waals surface area contributed by atoms with E-state index in [4.69, 9.17) is 25.8 Å². The molecule has 5 rings (SSSR count). The van der Waals surface area contributed by atoms with Gasteiger partial charge in [0.2, 0.25) is 5.78 Å². The van der Waals surface area contributed by atoms with Crippen LogP contribution in [0.5, 0.6) is 17.2 Å². The minimum absolute atomic E-state index is 0.0617. The van der Waals surface area contributed by atoms with Crippen LogP contribution in [0.25, 0.3) is 0 Å². The van der Waals surface area contributed by atoms with Crippen LogP contribution in [0.1, 0.15) is 29.3 Å². The lowest BCUT2D eigenvalue weighted by molar-refractivity contribution is -0.122. The van der Waals surface area contributed by atoms with E-state index in [1.165, 1.54) is 14.2 Å². The zero-order valence-corrected chi connectivity index (χ0v) is 18.9. The van der Waals surface area contributed by atoms with Crippen LogP contribution in [0, 0.1) is 11.8 Å². The molecule has 166 valence electrons. The van der Waals surface area contributed by atoms with Gasteiger partial charge in [-0.25, -0.2) is 0 Å². The number of hydrogen-bond donors (Lipinski definition) is 0. The number of nitrogens with zero attached hydrogens (tertiary/aromatic N) is 1. The zero-order valence-electron chi connectivity index (χ0n) is 18.2. The Bertz CT molecular complexity index is 1140. The molecule has 3 aliphatic rings. The second kappa shape index (κ2) is 7.55. The Morgan fingerprint density at radius 3 is 2.56 bits per heavy atom. The highest BCUT2D eigenvalue weighted by atomic mass is 35.5. The average Bonchev–Trinajstić information content (AvgIpc) is 3.35. The molecule has 2 aromatic carbocycles. The van der Waals surface area contributed by atoms with Gasteiger partial charge in [-0.05, 0) is 5.56 Å². The summed E-state index contributed by atoms with van der Waals surface area (Å²) in [6.07, 6.45) is 2.13. The van der Waals surface area contributed by atoms with Crippen molar-refractivity contribution in [1.29, 1.82) is 0 Å². The molecule has 2 heterocycles. The largest absolute Gasteiger partial charge is 0.496 e. The number of halogens is 1. The maximum atomic E-state index is 14.0. The fourth-order valence-corrected chi connectivity index (χ4v) is 5.56. The molecule has 7 heteroatoms. The van der Waals surface area contributed by atoms with Gasteiger partial charge in [0, 0.05) is 43.3 Å². The van der Waals surface area contributed by atoms with Crippen molar-refractivity contribution in [2.24, 2.45) is 11.8 Å². The second-order valence-corrected chi connectivity index (χ2v) is 8.98. The number of fused-ring (bicyclic) bond motifs is 3. The van der Waals surface area contributed by atoms with Gasteiger partial charge in [0.15, 0.2) is 17.1 Å². The molecule has 1 spiro atoms. The average molecular weight is 454 g/mol. The van der Waals surface area contributed by atoms with Crippen molar-refractivity contribution in [3.8, 4) is 17.2 Å². The molecular formula is C25H24ClNO5. The van der Waals surface area contributed by atoms with E-state index in [0.717, 1.165) is 5.56 Å². The first kappa shape index (κ1) is 20.9. The van der Waals surface area contributed by atoms with Crippen LogP contribution in [-0.4, -0.2) is 42.8 Å². The Balaban J connectivity index is 1.57. The second-order valence-electron chi connectivity index (χ2n) is 8.60. The van der Waals surface area contributed by atoms with Gasteiger partial charge in [-0.2, -0.15) is 0 Å². The van der Waals surface area contributed by atoms with E-state index in [9.17, 15) is 9.59 Å². The molecule has 0 N–H and O–H groups in total. The number of benzene rings is 2. The fraction of sp³-hybridized carbons (Fsp3) is 0.360. The molecule has 2 aliphatic heterocycles. The Labute approximate surface area is 191 Å².